The van der Waals surface area contributed by atoms with Crippen molar-refractivity contribution in [3.05, 3.63) is 57.6 Å². The van der Waals surface area contributed by atoms with Crippen LogP contribution in [0.3, 0.4) is 0 Å². The van der Waals surface area contributed by atoms with Gasteiger partial charge in [-0.3, -0.25) is 14.9 Å². The molecule has 1 heterocycles. The van der Waals surface area contributed by atoms with Gasteiger partial charge in [-0.25, -0.2) is 0 Å². The SMILES string of the molecule is CN(Cc1ccc2c(c1)OCO2)C(=O)c1ccc(NC2CC2)c([N+](=O)[O-])c1. The van der Waals surface area contributed by atoms with Gasteiger partial charge < -0.3 is 19.7 Å². The molecule has 1 aliphatic heterocycles. The van der Waals surface area contributed by atoms with Gasteiger partial charge in [0.1, 0.15) is 5.69 Å². The Labute approximate surface area is 155 Å². The molecule has 1 fully saturated rings. The normalized spacial score (nSPS) is 14.7. The Kier molecular flexibility index (Phi) is 4.31. The maximum absolute atomic E-state index is 12.7. The van der Waals surface area contributed by atoms with Crippen molar-refractivity contribution in [3.63, 3.8) is 0 Å². The Morgan fingerprint density at radius 1 is 1.22 bits per heavy atom. The molecular formula is C19H19N3O5. The summed E-state index contributed by atoms with van der Waals surface area (Å²) in [5, 5.41) is 14.5. The second-order valence-corrected chi connectivity index (χ2v) is 6.76. The Bertz CT molecular complexity index is 910. The first-order valence-corrected chi connectivity index (χ1v) is 8.70. The number of nitro groups is 1. The highest BCUT2D eigenvalue weighted by atomic mass is 16.7. The van der Waals surface area contributed by atoms with E-state index < -0.39 is 4.92 Å². The van der Waals surface area contributed by atoms with Crippen LogP contribution in [0.4, 0.5) is 11.4 Å². The third kappa shape index (κ3) is 3.64. The summed E-state index contributed by atoms with van der Waals surface area (Å²) in [7, 11) is 1.66. The van der Waals surface area contributed by atoms with Crippen molar-refractivity contribution in [3.8, 4) is 11.5 Å². The Balaban J connectivity index is 1.51. The molecule has 0 spiro atoms. The number of fused-ring (bicyclic) bond motifs is 1. The standard InChI is InChI=1S/C19H19N3O5/c1-21(10-12-2-7-17-18(8-12)27-11-26-17)19(23)13-3-6-15(20-14-4-5-14)16(9-13)22(24)25/h2-3,6-9,14,20H,4-5,10-11H2,1H3. The fourth-order valence-corrected chi connectivity index (χ4v) is 2.99. The summed E-state index contributed by atoms with van der Waals surface area (Å²) in [4.78, 5) is 25.2. The molecule has 8 nitrogen and oxygen atoms in total. The number of nitro benzene ring substituents is 1. The number of rotatable bonds is 6. The molecule has 0 unspecified atom stereocenters. The lowest BCUT2D eigenvalue weighted by Gasteiger charge is -2.18. The van der Waals surface area contributed by atoms with Gasteiger partial charge in [0.25, 0.3) is 11.6 Å². The van der Waals surface area contributed by atoms with E-state index in [0.717, 1.165) is 18.4 Å². The molecule has 0 atom stereocenters. The average Bonchev–Trinajstić information content (AvgIpc) is 3.35. The number of carbonyl (C=O) groups excluding carboxylic acids is 1. The summed E-state index contributed by atoms with van der Waals surface area (Å²) in [5.41, 5.74) is 1.55. The van der Waals surface area contributed by atoms with Crippen molar-refractivity contribution in [2.45, 2.75) is 25.4 Å². The van der Waals surface area contributed by atoms with Crippen molar-refractivity contribution in [2.24, 2.45) is 0 Å². The van der Waals surface area contributed by atoms with Crippen molar-refractivity contribution in [2.75, 3.05) is 19.2 Å². The Hall–Kier alpha value is -3.29. The summed E-state index contributed by atoms with van der Waals surface area (Å²) in [5.74, 6) is 1.05. The molecule has 2 aromatic carbocycles. The number of hydrogen-bond acceptors (Lipinski definition) is 6. The zero-order chi connectivity index (χ0) is 19.0. The van der Waals surface area contributed by atoms with E-state index >= 15 is 0 Å². The molecule has 2 aliphatic rings. The number of ether oxygens (including phenoxy) is 2. The molecule has 1 saturated carbocycles. The summed E-state index contributed by atoms with van der Waals surface area (Å²) in [6, 6.07) is 10.4. The van der Waals surface area contributed by atoms with Crippen LogP contribution in [-0.2, 0) is 6.54 Å². The van der Waals surface area contributed by atoms with Crippen LogP contribution in [-0.4, -0.2) is 35.6 Å². The molecule has 0 aromatic heterocycles. The molecule has 1 aliphatic carbocycles. The maximum atomic E-state index is 12.7. The third-order valence-corrected chi connectivity index (χ3v) is 4.58. The zero-order valence-corrected chi connectivity index (χ0v) is 14.8. The number of hydrogen-bond donors (Lipinski definition) is 1. The van der Waals surface area contributed by atoms with E-state index in [-0.39, 0.29) is 24.0 Å². The van der Waals surface area contributed by atoms with E-state index in [1.807, 2.05) is 12.1 Å². The van der Waals surface area contributed by atoms with E-state index in [9.17, 15) is 14.9 Å². The van der Waals surface area contributed by atoms with Gasteiger partial charge in [-0.15, -0.1) is 0 Å². The third-order valence-electron chi connectivity index (χ3n) is 4.58. The van der Waals surface area contributed by atoms with Crippen molar-refractivity contribution in [1.82, 2.24) is 4.90 Å². The minimum Gasteiger partial charge on any atom is -0.454 e. The molecule has 2 aromatic rings. The number of nitrogens with zero attached hydrogens (tertiary/aromatic N) is 2. The van der Waals surface area contributed by atoms with Crippen LogP contribution in [0.15, 0.2) is 36.4 Å². The van der Waals surface area contributed by atoms with Gasteiger partial charge >= 0.3 is 0 Å². The van der Waals surface area contributed by atoms with Crippen molar-refractivity contribution in [1.29, 1.82) is 0 Å². The van der Waals surface area contributed by atoms with Gasteiger partial charge in [0.15, 0.2) is 11.5 Å². The highest BCUT2D eigenvalue weighted by molar-refractivity contribution is 5.95. The largest absolute Gasteiger partial charge is 0.454 e. The zero-order valence-electron chi connectivity index (χ0n) is 14.8. The minimum atomic E-state index is -0.459. The second-order valence-electron chi connectivity index (χ2n) is 6.76. The van der Waals surface area contributed by atoms with Gasteiger partial charge in [-0.1, -0.05) is 6.07 Å². The molecule has 140 valence electrons. The van der Waals surface area contributed by atoms with E-state index in [0.29, 0.717) is 29.8 Å². The van der Waals surface area contributed by atoms with Gasteiger partial charge in [-0.05, 0) is 42.7 Å². The number of nitrogens with one attached hydrogen (secondary N) is 1. The molecule has 8 heteroatoms. The van der Waals surface area contributed by atoms with Crippen LogP contribution >= 0.6 is 0 Å². The topological polar surface area (TPSA) is 93.9 Å². The molecular weight excluding hydrogens is 350 g/mol. The van der Waals surface area contributed by atoms with Gasteiger partial charge in [0.2, 0.25) is 6.79 Å². The highest BCUT2D eigenvalue weighted by Gasteiger charge is 2.26. The second kappa shape index (κ2) is 6.79. The summed E-state index contributed by atoms with van der Waals surface area (Å²) >= 11 is 0. The fraction of sp³-hybridized carbons (Fsp3) is 0.316. The lowest BCUT2D eigenvalue weighted by Crippen LogP contribution is -2.26. The monoisotopic (exact) mass is 369 g/mol. The molecule has 27 heavy (non-hydrogen) atoms. The Morgan fingerprint density at radius 2 is 2.00 bits per heavy atom. The average molecular weight is 369 g/mol. The number of amides is 1. The quantitative estimate of drug-likeness (QED) is 0.621. The van der Waals surface area contributed by atoms with Crippen LogP contribution in [0, 0.1) is 10.1 Å². The molecule has 0 saturated heterocycles. The highest BCUT2D eigenvalue weighted by Crippen LogP contribution is 2.33. The van der Waals surface area contributed by atoms with E-state index in [4.69, 9.17) is 9.47 Å². The van der Waals surface area contributed by atoms with Crippen LogP contribution in [0.25, 0.3) is 0 Å². The number of benzene rings is 2. The van der Waals surface area contributed by atoms with Crippen LogP contribution in [0.5, 0.6) is 11.5 Å². The van der Waals surface area contributed by atoms with Gasteiger partial charge in [-0.2, -0.15) is 0 Å². The first-order valence-electron chi connectivity index (χ1n) is 8.70. The van der Waals surface area contributed by atoms with Gasteiger partial charge in [0, 0.05) is 31.3 Å². The maximum Gasteiger partial charge on any atom is 0.293 e. The first kappa shape index (κ1) is 17.1. The lowest BCUT2D eigenvalue weighted by molar-refractivity contribution is -0.384. The van der Waals surface area contributed by atoms with Crippen LogP contribution < -0.4 is 14.8 Å². The molecule has 4 rings (SSSR count). The molecule has 0 radical (unpaired) electrons. The van der Waals surface area contributed by atoms with Crippen molar-refractivity contribution < 1.29 is 19.2 Å². The predicted molar refractivity (Wildman–Crippen MR) is 98.1 cm³/mol. The van der Waals surface area contributed by atoms with Crippen molar-refractivity contribution >= 4 is 17.3 Å². The Morgan fingerprint density at radius 3 is 2.74 bits per heavy atom. The number of anilines is 1. The summed E-state index contributed by atoms with van der Waals surface area (Å²) < 4.78 is 10.6. The first-order chi connectivity index (χ1) is 13.0. The lowest BCUT2D eigenvalue weighted by atomic mass is 10.1. The van der Waals surface area contributed by atoms with E-state index in [1.165, 1.54) is 11.0 Å². The molecule has 1 amide bonds. The predicted octanol–water partition coefficient (Wildman–Crippen LogP) is 3.17. The van der Waals surface area contributed by atoms with E-state index in [1.54, 1.807) is 25.2 Å². The number of carbonyl (C=O) groups is 1. The minimum absolute atomic E-state index is 0.0794. The summed E-state index contributed by atoms with van der Waals surface area (Å²) in [6.07, 6.45) is 2.02. The summed E-state index contributed by atoms with van der Waals surface area (Å²) in [6.45, 7) is 0.545. The van der Waals surface area contributed by atoms with Gasteiger partial charge in [0.05, 0.1) is 4.92 Å². The van der Waals surface area contributed by atoms with Crippen LogP contribution in [0.2, 0.25) is 0 Å². The fourth-order valence-electron chi connectivity index (χ4n) is 2.99. The van der Waals surface area contributed by atoms with E-state index in [2.05, 4.69) is 5.32 Å². The molecule has 0 bridgehead atoms. The smallest absolute Gasteiger partial charge is 0.293 e. The molecule has 1 N–H and O–H groups in total. The van der Waals surface area contributed by atoms with Crippen LogP contribution in [0.1, 0.15) is 28.8 Å².